The fraction of sp³-hybridized carbons (Fsp3) is 1.00. The second-order valence-electron chi connectivity index (χ2n) is 7.42. The quantitative estimate of drug-likeness (QED) is 0.840. The molecule has 110 valence electrons. The van der Waals surface area contributed by atoms with Crippen molar-refractivity contribution in [2.45, 2.75) is 89.8 Å². The molecule has 2 heteroatoms. The van der Waals surface area contributed by atoms with Crippen LogP contribution >= 0.6 is 0 Å². The Morgan fingerprint density at radius 3 is 2.42 bits per heavy atom. The van der Waals surface area contributed by atoms with Gasteiger partial charge in [0.05, 0.1) is 6.10 Å². The zero-order chi connectivity index (χ0) is 13.5. The van der Waals surface area contributed by atoms with Crippen LogP contribution in [0.3, 0.4) is 0 Å². The number of hydrogen-bond acceptors (Lipinski definition) is 2. The molecule has 0 aromatic rings. The summed E-state index contributed by atoms with van der Waals surface area (Å²) in [6.45, 7) is 5.92. The molecule has 3 unspecified atom stereocenters. The van der Waals surface area contributed by atoms with Crippen molar-refractivity contribution in [3.05, 3.63) is 0 Å². The van der Waals surface area contributed by atoms with Gasteiger partial charge in [-0.05, 0) is 69.7 Å². The van der Waals surface area contributed by atoms with Crippen molar-refractivity contribution in [2.75, 3.05) is 6.54 Å². The van der Waals surface area contributed by atoms with Crippen molar-refractivity contribution in [3.63, 3.8) is 0 Å². The molecule has 0 aromatic carbocycles. The second-order valence-corrected chi connectivity index (χ2v) is 7.42. The van der Waals surface area contributed by atoms with Crippen molar-refractivity contribution in [3.8, 4) is 0 Å². The third-order valence-electron chi connectivity index (χ3n) is 6.37. The summed E-state index contributed by atoms with van der Waals surface area (Å²) in [7, 11) is 0. The van der Waals surface area contributed by atoms with E-state index in [1.54, 1.807) is 0 Å². The largest absolute Gasteiger partial charge is 0.393 e. The van der Waals surface area contributed by atoms with Crippen LogP contribution in [0.4, 0.5) is 0 Å². The summed E-state index contributed by atoms with van der Waals surface area (Å²) in [4.78, 5) is 2.77. The zero-order valence-corrected chi connectivity index (χ0v) is 12.8. The van der Waals surface area contributed by atoms with Gasteiger partial charge in [-0.1, -0.05) is 19.8 Å². The fourth-order valence-corrected chi connectivity index (χ4v) is 5.04. The van der Waals surface area contributed by atoms with Crippen LogP contribution in [-0.2, 0) is 0 Å². The van der Waals surface area contributed by atoms with E-state index in [4.69, 9.17) is 0 Å². The summed E-state index contributed by atoms with van der Waals surface area (Å²) in [6.07, 6.45) is 11.8. The smallest absolute Gasteiger partial charge is 0.0555 e. The van der Waals surface area contributed by atoms with E-state index < -0.39 is 0 Å². The monoisotopic (exact) mass is 265 g/mol. The molecule has 3 fully saturated rings. The first-order valence-electron chi connectivity index (χ1n) is 8.60. The van der Waals surface area contributed by atoms with Crippen molar-refractivity contribution in [2.24, 2.45) is 11.3 Å². The number of aliphatic hydroxyl groups excluding tert-OH is 1. The van der Waals surface area contributed by atoms with Gasteiger partial charge >= 0.3 is 0 Å². The maximum Gasteiger partial charge on any atom is 0.0555 e. The van der Waals surface area contributed by atoms with Gasteiger partial charge in [0.15, 0.2) is 0 Å². The Morgan fingerprint density at radius 1 is 1.16 bits per heavy atom. The highest BCUT2D eigenvalue weighted by Gasteiger charge is 2.49. The van der Waals surface area contributed by atoms with E-state index in [2.05, 4.69) is 18.7 Å². The molecule has 0 aliphatic heterocycles. The van der Waals surface area contributed by atoms with Crippen molar-refractivity contribution >= 4 is 0 Å². The summed E-state index contributed by atoms with van der Waals surface area (Å²) in [6, 6.07) is 1.39. The van der Waals surface area contributed by atoms with Gasteiger partial charge in [-0.2, -0.15) is 0 Å². The molecule has 3 rings (SSSR count). The minimum Gasteiger partial charge on any atom is -0.393 e. The third kappa shape index (κ3) is 2.58. The molecule has 0 heterocycles. The average molecular weight is 265 g/mol. The SMILES string of the molecule is CCN(C(C)C1CC1)C1CC(O)CCC12CCCC2. The molecule has 1 spiro atoms. The molecule has 0 bridgehead atoms. The lowest BCUT2D eigenvalue weighted by atomic mass is 9.67. The van der Waals surface area contributed by atoms with Crippen LogP contribution in [-0.4, -0.2) is 34.7 Å². The Morgan fingerprint density at radius 2 is 1.84 bits per heavy atom. The predicted molar refractivity (Wildman–Crippen MR) is 79.1 cm³/mol. The number of hydrogen-bond donors (Lipinski definition) is 1. The van der Waals surface area contributed by atoms with Crippen LogP contribution in [0.1, 0.15) is 71.6 Å². The molecular weight excluding hydrogens is 234 g/mol. The molecule has 3 saturated carbocycles. The fourth-order valence-electron chi connectivity index (χ4n) is 5.04. The zero-order valence-electron chi connectivity index (χ0n) is 12.8. The third-order valence-corrected chi connectivity index (χ3v) is 6.37. The molecule has 3 atom stereocenters. The van der Waals surface area contributed by atoms with Crippen LogP contribution in [0.2, 0.25) is 0 Å². The first-order valence-corrected chi connectivity index (χ1v) is 8.60. The molecule has 0 amide bonds. The highest BCUT2D eigenvalue weighted by molar-refractivity contribution is 5.02. The van der Waals surface area contributed by atoms with E-state index in [0.717, 1.165) is 31.3 Å². The highest BCUT2D eigenvalue weighted by atomic mass is 16.3. The minimum absolute atomic E-state index is 0.0447. The molecule has 0 radical (unpaired) electrons. The number of rotatable bonds is 4. The maximum atomic E-state index is 10.2. The van der Waals surface area contributed by atoms with Gasteiger partial charge in [0.1, 0.15) is 0 Å². The number of nitrogens with zero attached hydrogens (tertiary/aromatic N) is 1. The number of aliphatic hydroxyl groups is 1. The van der Waals surface area contributed by atoms with Crippen LogP contribution < -0.4 is 0 Å². The van der Waals surface area contributed by atoms with Gasteiger partial charge in [0.25, 0.3) is 0 Å². The van der Waals surface area contributed by atoms with Gasteiger partial charge < -0.3 is 5.11 Å². The molecule has 1 N–H and O–H groups in total. The minimum atomic E-state index is -0.0447. The van der Waals surface area contributed by atoms with Gasteiger partial charge in [-0.15, -0.1) is 0 Å². The molecule has 0 saturated heterocycles. The maximum absolute atomic E-state index is 10.2. The van der Waals surface area contributed by atoms with Crippen molar-refractivity contribution in [1.82, 2.24) is 4.90 Å². The highest BCUT2D eigenvalue weighted by Crippen LogP contribution is 2.52. The molecule has 2 nitrogen and oxygen atoms in total. The molecule has 3 aliphatic rings. The van der Waals surface area contributed by atoms with Crippen LogP contribution in [0.5, 0.6) is 0 Å². The summed E-state index contributed by atoms with van der Waals surface area (Å²) in [5.74, 6) is 0.942. The standard InChI is InChI=1S/C17H31NO/c1-3-18(13(2)14-6-7-14)16-12-15(19)8-11-17(16)9-4-5-10-17/h13-16,19H,3-12H2,1-2H3. The summed E-state index contributed by atoms with van der Waals surface area (Å²) < 4.78 is 0. The molecule has 19 heavy (non-hydrogen) atoms. The predicted octanol–water partition coefficient (Wildman–Crippen LogP) is 3.58. The first kappa shape index (κ1) is 13.9. The lowest BCUT2D eigenvalue weighted by Gasteiger charge is -2.50. The molecule has 0 aromatic heterocycles. The van der Waals surface area contributed by atoms with Gasteiger partial charge in [0, 0.05) is 12.1 Å². The van der Waals surface area contributed by atoms with E-state index in [0.29, 0.717) is 11.5 Å². The first-order chi connectivity index (χ1) is 9.16. The van der Waals surface area contributed by atoms with Crippen LogP contribution in [0.15, 0.2) is 0 Å². The van der Waals surface area contributed by atoms with E-state index >= 15 is 0 Å². The molecular formula is C17H31NO. The van der Waals surface area contributed by atoms with Crippen LogP contribution in [0.25, 0.3) is 0 Å². The van der Waals surface area contributed by atoms with E-state index in [1.807, 2.05) is 0 Å². The van der Waals surface area contributed by atoms with Crippen molar-refractivity contribution < 1.29 is 5.11 Å². The van der Waals surface area contributed by atoms with Gasteiger partial charge in [0.2, 0.25) is 0 Å². The summed E-state index contributed by atoms with van der Waals surface area (Å²) >= 11 is 0. The average Bonchev–Trinajstić information content (AvgIpc) is 3.15. The van der Waals surface area contributed by atoms with Gasteiger partial charge in [-0.3, -0.25) is 4.90 Å². The lowest BCUT2D eigenvalue weighted by Crippen LogP contribution is -2.54. The normalized spacial score (nSPS) is 36.0. The summed E-state index contributed by atoms with van der Waals surface area (Å²) in [5.41, 5.74) is 0.554. The topological polar surface area (TPSA) is 23.5 Å². The van der Waals surface area contributed by atoms with E-state index in [-0.39, 0.29) is 6.10 Å². The van der Waals surface area contributed by atoms with Crippen molar-refractivity contribution in [1.29, 1.82) is 0 Å². The Balaban J connectivity index is 1.80. The Labute approximate surface area is 118 Å². The van der Waals surface area contributed by atoms with E-state index in [1.165, 1.54) is 44.9 Å². The van der Waals surface area contributed by atoms with Crippen LogP contribution in [0, 0.1) is 11.3 Å². The van der Waals surface area contributed by atoms with E-state index in [9.17, 15) is 5.11 Å². The molecule has 3 aliphatic carbocycles. The van der Waals surface area contributed by atoms with Gasteiger partial charge in [-0.25, -0.2) is 0 Å². The Bertz CT molecular complexity index is 306. The Kier molecular flexibility index (Phi) is 3.92. The second kappa shape index (κ2) is 5.37. The lowest BCUT2D eigenvalue weighted by molar-refractivity contribution is -0.0419. The summed E-state index contributed by atoms with van der Waals surface area (Å²) in [5, 5.41) is 10.2. The Hall–Kier alpha value is -0.0800.